The molecule has 0 saturated carbocycles. The summed E-state index contributed by atoms with van der Waals surface area (Å²) in [5, 5.41) is 20.2. The van der Waals surface area contributed by atoms with Crippen molar-refractivity contribution in [2.24, 2.45) is 16.8 Å². The zero-order valence-electron chi connectivity index (χ0n) is 31.6. The Morgan fingerprint density at radius 2 is 1.57 bits per heavy atom. The van der Waals surface area contributed by atoms with Crippen LogP contribution in [0.2, 0.25) is 0 Å². The number of allylic oxidation sites excluding steroid dienone is 1. The van der Waals surface area contributed by atoms with Crippen LogP contribution in [-0.4, -0.2) is 80.8 Å². The highest BCUT2D eigenvalue weighted by atomic mass is 16.5. The van der Waals surface area contributed by atoms with Crippen molar-refractivity contribution in [2.75, 3.05) is 44.7 Å². The summed E-state index contributed by atoms with van der Waals surface area (Å²) in [5.74, 6) is 4.41. The van der Waals surface area contributed by atoms with Crippen LogP contribution in [-0.2, 0) is 4.74 Å². The van der Waals surface area contributed by atoms with Gasteiger partial charge >= 0.3 is 0 Å². The van der Waals surface area contributed by atoms with Gasteiger partial charge in [0.15, 0.2) is 5.65 Å². The number of H-pyrrole nitrogens is 1. The minimum absolute atomic E-state index is 0.202. The van der Waals surface area contributed by atoms with E-state index in [4.69, 9.17) is 19.7 Å². The topological polar surface area (TPSA) is 116 Å². The van der Waals surface area contributed by atoms with Crippen LogP contribution >= 0.6 is 0 Å². The highest BCUT2D eigenvalue weighted by Gasteiger charge is 2.30. The van der Waals surface area contributed by atoms with Gasteiger partial charge in [-0.2, -0.15) is 0 Å². The maximum absolute atomic E-state index is 10.3. The summed E-state index contributed by atoms with van der Waals surface area (Å²) in [7, 11) is 1.70. The van der Waals surface area contributed by atoms with E-state index in [1.165, 1.54) is 16.7 Å². The number of para-hydroxylation sites is 1. The number of piperidine rings is 2. The van der Waals surface area contributed by atoms with E-state index in [9.17, 15) is 5.11 Å². The molecule has 10 nitrogen and oxygen atoms in total. The normalized spacial score (nSPS) is 17.3. The lowest BCUT2D eigenvalue weighted by Crippen LogP contribution is -2.37. The zero-order chi connectivity index (χ0) is 36.5. The number of nitrogens with one attached hydrogen (secondary N) is 1. The van der Waals surface area contributed by atoms with Crippen molar-refractivity contribution in [1.29, 1.82) is 0 Å². The van der Waals surface area contributed by atoms with E-state index in [1.807, 2.05) is 64.4 Å². The van der Waals surface area contributed by atoms with E-state index >= 15 is 0 Å². The Hall–Kier alpha value is -4.73. The Balaban J connectivity index is 0.00000122. The first-order valence-corrected chi connectivity index (χ1v) is 18.8. The maximum atomic E-state index is 10.3. The molecule has 7 rings (SSSR count). The number of phenolic OH excluding ortho intramolecular Hbond substituents is 1. The Labute approximate surface area is 303 Å². The summed E-state index contributed by atoms with van der Waals surface area (Å²) in [4.78, 5) is 22.6. The number of aromatic amines is 1. The molecular weight excluding hydrogens is 637 g/mol. The molecule has 3 aliphatic heterocycles. The molecule has 6 heterocycles. The summed E-state index contributed by atoms with van der Waals surface area (Å²) < 4.78 is 5.50. The van der Waals surface area contributed by atoms with E-state index in [-0.39, 0.29) is 11.7 Å². The number of rotatable bonds is 8. The number of anilines is 1. The number of nitrogens with zero attached hydrogens (tertiary/aromatic N) is 7. The molecule has 0 bridgehead atoms. The fourth-order valence-corrected chi connectivity index (χ4v) is 7.58. The number of benzene rings is 1. The van der Waals surface area contributed by atoms with E-state index in [1.54, 1.807) is 13.2 Å². The number of aromatic nitrogens is 5. The van der Waals surface area contributed by atoms with Crippen molar-refractivity contribution >= 4 is 22.8 Å². The number of ether oxygens (including phenoxy) is 1. The van der Waals surface area contributed by atoms with Crippen molar-refractivity contribution in [3.8, 4) is 17.0 Å². The molecule has 4 aromatic rings. The number of hydrogen-bond acceptors (Lipinski definition) is 9. The second kappa shape index (κ2) is 17.5. The Morgan fingerprint density at radius 1 is 0.922 bits per heavy atom. The van der Waals surface area contributed by atoms with E-state index in [2.05, 4.69) is 57.7 Å². The lowest BCUT2D eigenvalue weighted by atomic mass is 9.86. The van der Waals surface area contributed by atoms with Crippen LogP contribution in [0.5, 0.6) is 5.75 Å². The van der Waals surface area contributed by atoms with Crippen LogP contribution < -0.4 is 4.90 Å². The summed E-state index contributed by atoms with van der Waals surface area (Å²) in [5.41, 5.74) is 5.92. The quantitative estimate of drug-likeness (QED) is 0.177. The average molecular weight is 693 g/mol. The fraction of sp³-hybridized carbons (Fsp3) is 0.488. The Kier molecular flexibility index (Phi) is 12.9. The van der Waals surface area contributed by atoms with Gasteiger partial charge in [-0.3, -0.25) is 4.99 Å². The first-order chi connectivity index (χ1) is 24.9. The summed E-state index contributed by atoms with van der Waals surface area (Å²) >= 11 is 0. The number of likely N-dealkylation sites (tertiary alicyclic amines) is 1. The number of fused-ring (bicyclic) bond motifs is 1. The van der Waals surface area contributed by atoms with Gasteiger partial charge in [-0.1, -0.05) is 60.3 Å². The van der Waals surface area contributed by atoms with E-state index < -0.39 is 0 Å². The van der Waals surface area contributed by atoms with Gasteiger partial charge < -0.3 is 24.6 Å². The number of hydrogen-bond donors (Lipinski definition) is 2. The number of aliphatic imine (C=N–C) groups is 1. The number of methoxy groups -OCH3 is 1. The molecule has 2 N–H and O–H groups in total. The van der Waals surface area contributed by atoms with Crippen LogP contribution in [0.4, 0.5) is 5.95 Å². The van der Waals surface area contributed by atoms with E-state index in [0.717, 1.165) is 87.0 Å². The summed E-state index contributed by atoms with van der Waals surface area (Å²) in [6, 6.07) is 9.30. The first kappa shape index (κ1) is 37.5. The van der Waals surface area contributed by atoms with Crippen LogP contribution in [0.25, 0.3) is 22.3 Å². The van der Waals surface area contributed by atoms with Gasteiger partial charge in [-0.25, -0.2) is 9.97 Å². The van der Waals surface area contributed by atoms with Gasteiger partial charge in [0, 0.05) is 61.6 Å². The van der Waals surface area contributed by atoms with E-state index in [0.29, 0.717) is 29.0 Å². The second-order valence-electron chi connectivity index (χ2n) is 13.4. The molecule has 0 aliphatic carbocycles. The molecule has 272 valence electrons. The third kappa shape index (κ3) is 8.26. The van der Waals surface area contributed by atoms with Gasteiger partial charge in [0.1, 0.15) is 11.6 Å². The van der Waals surface area contributed by atoms with Gasteiger partial charge in [0.25, 0.3) is 0 Å². The summed E-state index contributed by atoms with van der Waals surface area (Å²) in [6.07, 6.45) is 12.6. The van der Waals surface area contributed by atoms with Crippen molar-refractivity contribution < 1.29 is 9.84 Å². The fourth-order valence-electron chi connectivity index (χ4n) is 7.58. The van der Waals surface area contributed by atoms with Crippen molar-refractivity contribution in [2.45, 2.75) is 79.1 Å². The lowest BCUT2D eigenvalue weighted by molar-refractivity contribution is 0.233. The van der Waals surface area contributed by atoms with Crippen LogP contribution in [0, 0.1) is 11.8 Å². The van der Waals surface area contributed by atoms with Crippen LogP contribution in [0.1, 0.15) is 90.2 Å². The number of aromatic hydroxyl groups is 1. The highest BCUT2D eigenvalue weighted by molar-refractivity contribution is 5.96. The van der Waals surface area contributed by atoms with Gasteiger partial charge in [-0.15, -0.1) is 10.2 Å². The molecule has 1 unspecified atom stereocenters. The second-order valence-corrected chi connectivity index (χ2v) is 13.4. The standard InChI is InChI=1S/C37H44N8O2.2C2H6/c1-23(2)35(24(3)47-4)27-17-34(38-19-27)44-13-9-25(10-14-44)28-20-40-37(41-21-28)45-15-11-26(12-16-45)31-22-39-36-30(31)18-32(42-43-36)29-7-5-6-8-33(29)46;2*1-2/h5-8,17-18,20-23,25-26,35,46H,3,9-16,19H2,1-2,4H3,(H,39,43);2*1-2H3. The van der Waals surface area contributed by atoms with Gasteiger partial charge in [0.05, 0.1) is 25.1 Å². The molecule has 0 spiro atoms. The minimum atomic E-state index is 0.202. The average Bonchev–Trinajstić information content (AvgIpc) is 3.84. The summed E-state index contributed by atoms with van der Waals surface area (Å²) in [6.45, 7) is 21.0. The molecule has 3 aromatic heterocycles. The largest absolute Gasteiger partial charge is 0.507 e. The Morgan fingerprint density at radius 3 is 2.22 bits per heavy atom. The first-order valence-electron chi connectivity index (χ1n) is 18.8. The number of phenols is 1. The SMILES string of the molecule is C=C(OC)C(C1=CC(N2CCC(c3cnc(N4CCC(c5c[nH]c6nnc(-c7ccccc7O)cc56)CC4)nc3)CC2)=NC1)C(C)C.CC.CC. The molecule has 3 aliphatic rings. The van der Waals surface area contributed by atoms with Crippen molar-refractivity contribution in [3.63, 3.8) is 0 Å². The maximum Gasteiger partial charge on any atom is 0.225 e. The third-order valence-corrected chi connectivity index (χ3v) is 10.2. The zero-order valence-corrected chi connectivity index (χ0v) is 31.6. The number of amidine groups is 1. The molecule has 51 heavy (non-hydrogen) atoms. The lowest BCUT2D eigenvalue weighted by Gasteiger charge is -2.34. The predicted molar refractivity (Wildman–Crippen MR) is 208 cm³/mol. The monoisotopic (exact) mass is 692 g/mol. The highest BCUT2D eigenvalue weighted by Crippen LogP contribution is 2.37. The van der Waals surface area contributed by atoms with Crippen molar-refractivity contribution in [3.05, 3.63) is 84.0 Å². The smallest absolute Gasteiger partial charge is 0.225 e. The van der Waals surface area contributed by atoms with Gasteiger partial charge in [0.2, 0.25) is 5.95 Å². The molecule has 10 heteroatoms. The minimum Gasteiger partial charge on any atom is -0.507 e. The molecule has 0 radical (unpaired) electrons. The molecule has 2 saturated heterocycles. The molecule has 2 fully saturated rings. The van der Waals surface area contributed by atoms with Crippen molar-refractivity contribution in [1.82, 2.24) is 30.0 Å². The van der Waals surface area contributed by atoms with Gasteiger partial charge in [-0.05, 0) is 84.4 Å². The van der Waals surface area contributed by atoms with Crippen LogP contribution in [0.15, 0.2) is 77.9 Å². The Bertz CT molecular complexity index is 1800. The molecule has 1 atom stereocenters. The molecular formula is C41H56N8O2. The van der Waals surface area contributed by atoms with Crippen LogP contribution in [0.3, 0.4) is 0 Å². The molecule has 0 amide bonds. The third-order valence-electron chi connectivity index (χ3n) is 10.2. The molecule has 1 aromatic carbocycles. The predicted octanol–water partition coefficient (Wildman–Crippen LogP) is 8.51.